The molecule has 18 heavy (non-hydrogen) atoms. The molecule has 4 nitrogen and oxygen atoms in total. The lowest BCUT2D eigenvalue weighted by molar-refractivity contribution is 0.255. The third-order valence-corrected chi connectivity index (χ3v) is 3.55. The SMILES string of the molecule is CN(CCCC(C)(C)CCN)Cc1nccn1C. The van der Waals surface area contributed by atoms with Gasteiger partial charge in [-0.2, -0.15) is 0 Å². The molecule has 0 amide bonds. The van der Waals surface area contributed by atoms with Crippen LogP contribution in [-0.2, 0) is 13.6 Å². The number of nitrogens with two attached hydrogens (primary N) is 1. The van der Waals surface area contributed by atoms with Crippen molar-refractivity contribution in [3.63, 3.8) is 0 Å². The fourth-order valence-corrected chi connectivity index (χ4v) is 2.21. The van der Waals surface area contributed by atoms with Gasteiger partial charge in [0.05, 0.1) is 6.54 Å². The molecule has 0 unspecified atom stereocenters. The first-order valence-corrected chi connectivity index (χ1v) is 6.79. The Morgan fingerprint density at radius 2 is 2.11 bits per heavy atom. The highest BCUT2D eigenvalue weighted by Gasteiger charge is 2.16. The van der Waals surface area contributed by atoms with Crippen molar-refractivity contribution in [2.45, 2.75) is 39.7 Å². The van der Waals surface area contributed by atoms with Gasteiger partial charge in [-0.1, -0.05) is 13.8 Å². The van der Waals surface area contributed by atoms with Crippen LogP contribution in [0.15, 0.2) is 12.4 Å². The number of aryl methyl sites for hydroxylation is 1. The van der Waals surface area contributed by atoms with E-state index in [0.29, 0.717) is 5.41 Å². The average Bonchev–Trinajstić information content (AvgIpc) is 2.64. The monoisotopic (exact) mass is 252 g/mol. The number of hydrogen-bond donors (Lipinski definition) is 1. The predicted molar refractivity (Wildman–Crippen MR) is 76.2 cm³/mol. The molecule has 1 aromatic rings. The molecular weight excluding hydrogens is 224 g/mol. The van der Waals surface area contributed by atoms with Crippen molar-refractivity contribution in [1.82, 2.24) is 14.5 Å². The van der Waals surface area contributed by atoms with Gasteiger partial charge in [0.25, 0.3) is 0 Å². The summed E-state index contributed by atoms with van der Waals surface area (Å²) in [5.74, 6) is 1.12. The maximum atomic E-state index is 5.63. The molecule has 0 aliphatic carbocycles. The number of hydrogen-bond acceptors (Lipinski definition) is 3. The van der Waals surface area contributed by atoms with Crippen LogP contribution in [0.25, 0.3) is 0 Å². The molecule has 0 aliphatic heterocycles. The Morgan fingerprint density at radius 3 is 2.67 bits per heavy atom. The van der Waals surface area contributed by atoms with Gasteiger partial charge in [-0.3, -0.25) is 4.90 Å². The normalized spacial score (nSPS) is 12.3. The predicted octanol–water partition coefficient (Wildman–Crippen LogP) is 2.01. The van der Waals surface area contributed by atoms with Crippen molar-refractivity contribution >= 4 is 0 Å². The lowest BCUT2D eigenvalue weighted by Crippen LogP contribution is -2.23. The Bertz CT molecular complexity index is 343. The minimum atomic E-state index is 0.374. The van der Waals surface area contributed by atoms with Crippen molar-refractivity contribution < 1.29 is 0 Å². The molecular formula is C14H28N4. The van der Waals surface area contributed by atoms with E-state index in [2.05, 4.69) is 35.3 Å². The first-order valence-electron chi connectivity index (χ1n) is 6.79. The van der Waals surface area contributed by atoms with Gasteiger partial charge in [-0.05, 0) is 44.8 Å². The molecule has 1 aromatic heterocycles. The fourth-order valence-electron chi connectivity index (χ4n) is 2.21. The van der Waals surface area contributed by atoms with Crippen LogP contribution in [0.5, 0.6) is 0 Å². The van der Waals surface area contributed by atoms with Crippen LogP contribution in [-0.4, -0.2) is 34.6 Å². The summed E-state index contributed by atoms with van der Waals surface area (Å²) in [5, 5.41) is 0. The number of rotatable bonds is 8. The van der Waals surface area contributed by atoms with Gasteiger partial charge in [-0.25, -0.2) is 4.98 Å². The van der Waals surface area contributed by atoms with Crippen LogP contribution in [0.1, 0.15) is 38.9 Å². The minimum absolute atomic E-state index is 0.374. The summed E-state index contributed by atoms with van der Waals surface area (Å²) in [5.41, 5.74) is 6.01. The first-order chi connectivity index (χ1) is 8.44. The average molecular weight is 252 g/mol. The molecule has 104 valence electrons. The summed E-state index contributed by atoms with van der Waals surface area (Å²) in [6.45, 7) is 7.43. The molecule has 1 heterocycles. The van der Waals surface area contributed by atoms with Crippen LogP contribution in [0.4, 0.5) is 0 Å². The van der Waals surface area contributed by atoms with Crippen LogP contribution in [0, 0.1) is 5.41 Å². The van der Waals surface area contributed by atoms with E-state index in [1.807, 2.05) is 19.4 Å². The van der Waals surface area contributed by atoms with Crippen LogP contribution >= 0.6 is 0 Å². The molecule has 0 saturated carbocycles. The summed E-state index contributed by atoms with van der Waals surface area (Å²) in [7, 11) is 4.20. The molecule has 1 rings (SSSR count). The van der Waals surface area contributed by atoms with E-state index in [9.17, 15) is 0 Å². The molecule has 0 aromatic carbocycles. The first kappa shape index (κ1) is 15.2. The van der Waals surface area contributed by atoms with Crippen LogP contribution < -0.4 is 5.73 Å². The number of imidazole rings is 1. The van der Waals surface area contributed by atoms with E-state index in [1.54, 1.807) is 0 Å². The number of nitrogens with zero attached hydrogens (tertiary/aromatic N) is 3. The molecule has 0 fully saturated rings. The maximum Gasteiger partial charge on any atom is 0.122 e. The van der Waals surface area contributed by atoms with E-state index in [1.165, 1.54) is 12.8 Å². The van der Waals surface area contributed by atoms with Crippen molar-refractivity contribution in [1.29, 1.82) is 0 Å². The van der Waals surface area contributed by atoms with Gasteiger partial charge in [0.15, 0.2) is 0 Å². The maximum absolute atomic E-state index is 5.63. The van der Waals surface area contributed by atoms with E-state index < -0.39 is 0 Å². The second kappa shape index (κ2) is 6.90. The Kier molecular flexibility index (Phi) is 5.82. The van der Waals surface area contributed by atoms with Crippen molar-refractivity contribution in [3.8, 4) is 0 Å². The highest BCUT2D eigenvalue weighted by molar-refractivity contribution is 4.90. The third kappa shape index (κ3) is 5.19. The second-order valence-electron chi connectivity index (χ2n) is 6.00. The zero-order chi connectivity index (χ0) is 13.6. The molecule has 0 aliphatic rings. The van der Waals surface area contributed by atoms with Gasteiger partial charge >= 0.3 is 0 Å². The summed E-state index contributed by atoms with van der Waals surface area (Å²) >= 11 is 0. The molecule has 0 bridgehead atoms. The second-order valence-corrected chi connectivity index (χ2v) is 6.00. The zero-order valence-corrected chi connectivity index (χ0v) is 12.3. The van der Waals surface area contributed by atoms with Crippen molar-refractivity contribution in [2.75, 3.05) is 20.1 Å². The van der Waals surface area contributed by atoms with Crippen molar-refractivity contribution in [2.24, 2.45) is 18.2 Å². The summed E-state index contributed by atoms with van der Waals surface area (Å²) in [6, 6.07) is 0. The Balaban J connectivity index is 2.25. The fraction of sp³-hybridized carbons (Fsp3) is 0.786. The quantitative estimate of drug-likeness (QED) is 0.770. The largest absolute Gasteiger partial charge is 0.337 e. The lowest BCUT2D eigenvalue weighted by atomic mass is 9.84. The summed E-state index contributed by atoms with van der Waals surface area (Å²) in [6.07, 6.45) is 7.40. The van der Waals surface area contributed by atoms with E-state index >= 15 is 0 Å². The van der Waals surface area contributed by atoms with Crippen LogP contribution in [0.3, 0.4) is 0 Å². The molecule has 0 saturated heterocycles. The van der Waals surface area contributed by atoms with Gasteiger partial charge in [-0.15, -0.1) is 0 Å². The van der Waals surface area contributed by atoms with Gasteiger partial charge in [0, 0.05) is 19.4 Å². The van der Waals surface area contributed by atoms with E-state index in [4.69, 9.17) is 5.73 Å². The van der Waals surface area contributed by atoms with E-state index in [0.717, 1.165) is 31.9 Å². The summed E-state index contributed by atoms with van der Waals surface area (Å²) in [4.78, 5) is 6.68. The molecule has 0 atom stereocenters. The number of aromatic nitrogens is 2. The third-order valence-electron chi connectivity index (χ3n) is 3.55. The summed E-state index contributed by atoms with van der Waals surface area (Å²) < 4.78 is 2.08. The minimum Gasteiger partial charge on any atom is -0.337 e. The molecule has 2 N–H and O–H groups in total. The standard InChI is InChI=1S/C14H28N4/c1-14(2,7-8-15)6-5-10-17(3)12-13-16-9-11-18(13)4/h9,11H,5-8,10,12,15H2,1-4H3. The van der Waals surface area contributed by atoms with Gasteiger partial charge in [0.2, 0.25) is 0 Å². The van der Waals surface area contributed by atoms with Gasteiger partial charge < -0.3 is 10.3 Å². The highest BCUT2D eigenvalue weighted by atomic mass is 15.1. The van der Waals surface area contributed by atoms with Gasteiger partial charge in [0.1, 0.15) is 5.82 Å². The molecule has 4 heteroatoms. The highest BCUT2D eigenvalue weighted by Crippen LogP contribution is 2.25. The van der Waals surface area contributed by atoms with Crippen LogP contribution in [0.2, 0.25) is 0 Å². The Labute approximate surface area is 111 Å². The Hall–Kier alpha value is -0.870. The molecule has 0 radical (unpaired) electrons. The van der Waals surface area contributed by atoms with E-state index in [-0.39, 0.29) is 0 Å². The smallest absolute Gasteiger partial charge is 0.122 e. The topological polar surface area (TPSA) is 47.1 Å². The Morgan fingerprint density at radius 1 is 1.39 bits per heavy atom. The molecule has 0 spiro atoms. The lowest BCUT2D eigenvalue weighted by Gasteiger charge is -2.25. The zero-order valence-electron chi connectivity index (χ0n) is 12.3. The van der Waals surface area contributed by atoms with Crippen molar-refractivity contribution in [3.05, 3.63) is 18.2 Å².